The van der Waals surface area contributed by atoms with E-state index in [1.54, 1.807) is 0 Å². The lowest BCUT2D eigenvalue weighted by Gasteiger charge is -2.56. The number of hydrogen-bond donors (Lipinski definition) is 0. The lowest BCUT2D eigenvalue weighted by atomic mass is 9.53. The highest BCUT2D eigenvalue weighted by atomic mass is 16.5. The van der Waals surface area contributed by atoms with Crippen LogP contribution in [0.3, 0.4) is 0 Å². The summed E-state index contributed by atoms with van der Waals surface area (Å²) in [4.78, 5) is 0. The van der Waals surface area contributed by atoms with Crippen molar-refractivity contribution in [1.82, 2.24) is 0 Å². The van der Waals surface area contributed by atoms with Crippen LogP contribution in [0.5, 0.6) is 5.75 Å². The van der Waals surface area contributed by atoms with E-state index in [1.807, 2.05) is 26.0 Å². The Bertz CT molecular complexity index is 512. The van der Waals surface area contributed by atoms with Gasteiger partial charge in [-0.2, -0.15) is 5.26 Å². The van der Waals surface area contributed by atoms with E-state index in [9.17, 15) is 0 Å². The number of hydrogen-bond acceptors (Lipinski definition) is 2. The summed E-state index contributed by atoms with van der Waals surface area (Å²) in [6, 6.07) is 6.21. The monoisotopic (exact) mass is 257 g/mol. The molecule has 1 aliphatic carbocycles. The molecule has 102 valence electrons. The zero-order valence-electron chi connectivity index (χ0n) is 12.8. The third kappa shape index (κ3) is 2.34. The second kappa shape index (κ2) is 4.27. The fourth-order valence-corrected chi connectivity index (χ4v) is 3.91. The Labute approximate surface area is 116 Å². The molecule has 19 heavy (non-hydrogen) atoms. The minimum absolute atomic E-state index is 0.221. The molecule has 1 aromatic rings. The number of nitriles is 1. The highest BCUT2D eigenvalue weighted by Crippen LogP contribution is 2.55. The maximum absolute atomic E-state index is 9.10. The van der Waals surface area contributed by atoms with E-state index >= 15 is 0 Å². The van der Waals surface area contributed by atoms with Crippen molar-refractivity contribution in [1.29, 1.82) is 5.26 Å². The van der Waals surface area contributed by atoms with Gasteiger partial charge >= 0.3 is 0 Å². The lowest BCUT2D eigenvalue weighted by Crippen LogP contribution is -2.58. The van der Waals surface area contributed by atoms with Crippen molar-refractivity contribution in [2.45, 2.75) is 54.1 Å². The van der Waals surface area contributed by atoms with Gasteiger partial charge in [0.2, 0.25) is 0 Å². The first-order valence-corrected chi connectivity index (χ1v) is 6.85. The largest absolute Gasteiger partial charge is 0.489 e. The SMILES string of the molecule is Cc1cc(OC2C(C)(C)CC2(C)C)cc(C)c1C#N. The summed E-state index contributed by atoms with van der Waals surface area (Å²) < 4.78 is 6.23. The number of aryl methyl sites for hydroxylation is 2. The highest BCUT2D eigenvalue weighted by Gasteiger charge is 2.54. The molecule has 0 unspecified atom stereocenters. The molecule has 0 aromatic heterocycles. The zero-order chi connectivity index (χ0) is 14.4. The summed E-state index contributed by atoms with van der Waals surface area (Å²) in [6.45, 7) is 13.0. The van der Waals surface area contributed by atoms with Crippen molar-refractivity contribution in [3.05, 3.63) is 28.8 Å². The Balaban J connectivity index is 2.28. The topological polar surface area (TPSA) is 33.0 Å². The van der Waals surface area contributed by atoms with Gasteiger partial charge in [0.1, 0.15) is 11.9 Å². The maximum Gasteiger partial charge on any atom is 0.120 e. The van der Waals surface area contributed by atoms with Crippen LogP contribution in [0.4, 0.5) is 0 Å². The number of rotatable bonds is 2. The molecule has 1 fully saturated rings. The van der Waals surface area contributed by atoms with E-state index in [1.165, 1.54) is 6.42 Å². The molecular weight excluding hydrogens is 234 g/mol. The minimum atomic E-state index is 0.221. The van der Waals surface area contributed by atoms with E-state index in [2.05, 4.69) is 33.8 Å². The Hall–Kier alpha value is -1.49. The minimum Gasteiger partial charge on any atom is -0.489 e. The third-order valence-electron chi connectivity index (χ3n) is 4.20. The van der Waals surface area contributed by atoms with Crippen molar-refractivity contribution in [3.63, 3.8) is 0 Å². The molecule has 1 aliphatic rings. The number of benzene rings is 1. The van der Waals surface area contributed by atoms with Crippen molar-refractivity contribution in [2.24, 2.45) is 10.8 Å². The van der Waals surface area contributed by atoms with Crippen LogP contribution in [0.2, 0.25) is 0 Å². The average Bonchev–Trinajstić information content (AvgIpc) is 2.24. The smallest absolute Gasteiger partial charge is 0.120 e. The molecule has 0 aliphatic heterocycles. The van der Waals surface area contributed by atoms with Gasteiger partial charge in [0.05, 0.1) is 11.6 Å². The first-order valence-electron chi connectivity index (χ1n) is 6.85. The first-order chi connectivity index (χ1) is 8.67. The molecule has 2 nitrogen and oxygen atoms in total. The standard InChI is InChI=1S/C17H23NO/c1-11-7-13(8-12(2)14(11)9-18)19-15-16(3,4)10-17(15,5)6/h7-8,15H,10H2,1-6H3. The van der Waals surface area contributed by atoms with Gasteiger partial charge in [-0.15, -0.1) is 0 Å². The van der Waals surface area contributed by atoms with Crippen LogP contribution < -0.4 is 4.74 Å². The van der Waals surface area contributed by atoms with Crippen LogP contribution in [0.15, 0.2) is 12.1 Å². The molecule has 1 aromatic carbocycles. The van der Waals surface area contributed by atoms with Crippen molar-refractivity contribution < 1.29 is 4.74 Å². The summed E-state index contributed by atoms with van der Waals surface area (Å²) in [5.41, 5.74) is 3.19. The van der Waals surface area contributed by atoms with Gasteiger partial charge < -0.3 is 4.74 Å². The Kier molecular flexibility index (Phi) is 3.13. The summed E-state index contributed by atoms with van der Waals surface area (Å²) in [7, 11) is 0. The molecule has 0 heterocycles. The van der Waals surface area contributed by atoms with E-state index in [0.717, 1.165) is 22.4 Å². The van der Waals surface area contributed by atoms with Crippen LogP contribution in [0.25, 0.3) is 0 Å². The van der Waals surface area contributed by atoms with Gasteiger partial charge in [-0.1, -0.05) is 27.7 Å². The fraction of sp³-hybridized carbons (Fsp3) is 0.588. The second-order valence-corrected chi connectivity index (χ2v) is 7.20. The molecule has 0 bridgehead atoms. The van der Waals surface area contributed by atoms with Gasteiger partial charge in [-0.25, -0.2) is 0 Å². The molecule has 2 rings (SSSR count). The highest BCUT2D eigenvalue weighted by molar-refractivity contribution is 5.48. The van der Waals surface area contributed by atoms with Gasteiger partial charge in [0, 0.05) is 10.8 Å². The molecule has 0 N–H and O–H groups in total. The Morgan fingerprint density at radius 1 is 1.11 bits per heavy atom. The number of nitrogens with zero attached hydrogens (tertiary/aromatic N) is 1. The summed E-state index contributed by atoms with van der Waals surface area (Å²) in [6.07, 6.45) is 1.41. The lowest BCUT2D eigenvalue weighted by molar-refractivity contribution is -0.133. The molecule has 0 saturated heterocycles. The van der Waals surface area contributed by atoms with Crippen molar-refractivity contribution in [2.75, 3.05) is 0 Å². The van der Waals surface area contributed by atoms with E-state index in [4.69, 9.17) is 10.00 Å². The molecule has 1 saturated carbocycles. The molecule has 0 spiro atoms. The van der Waals surface area contributed by atoms with Gasteiger partial charge in [-0.05, 0) is 43.5 Å². The second-order valence-electron chi connectivity index (χ2n) is 7.20. The zero-order valence-corrected chi connectivity index (χ0v) is 12.8. The molecule has 0 radical (unpaired) electrons. The van der Waals surface area contributed by atoms with Crippen molar-refractivity contribution in [3.8, 4) is 11.8 Å². The van der Waals surface area contributed by atoms with Crippen molar-refractivity contribution >= 4 is 0 Å². The number of ether oxygens (including phenoxy) is 1. The quantitative estimate of drug-likeness (QED) is 0.787. The predicted molar refractivity (Wildman–Crippen MR) is 77.2 cm³/mol. The maximum atomic E-state index is 9.10. The summed E-state index contributed by atoms with van der Waals surface area (Å²) in [5, 5.41) is 9.10. The van der Waals surface area contributed by atoms with E-state index in [-0.39, 0.29) is 16.9 Å². The van der Waals surface area contributed by atoms with Gasteiger partial charge in [0.25, 0.3) is 0 Å². The molecule has 0 atom stereocenters. The Morgan fingerprint density at radius 2 is 1.58 bits per heavy atom. The van der Waals surface area contributed by atoms with Gasteiger partial charge in [0.15, 0.2) is 0 Å². The van der Waals surface area contributed by atoms with Crippen LogP contribution in [0, 0.1) is 36.0 Å². The molecule has 0 amide bonds. The van der Waals surface area contributed by atoms with E-state index < -0.39 is 0 Å². The third-order valence-corrected chi connectivity index (χ3v) is 4.20. The first kappa shape index (κ1) is 13.9. The van der Waals surface area contributed by atoms with Crippen LogP contribution in [0.1, 0.15) is 50.8 Å². The van der Waals surface area contributed by atoms with Crippen LogP contribution >= 0.6 is 0 Å². The average molecular weight is 257 g/mol. The summed E-state index contributed by atoms with van der Waals surface area (Å²) in [5.74, 6) is 0.889. The molecular formula is C17H23NO. The predicted octanol–water partition coefficient (Wildman–Crippen LogP) is 4.38. The Morgan fingerprint density at radius 3 is 1.95 bits per heavy atom. The molecule has 2 heteroatoms. The van der Waals surface area contributed by atoms with Crippen LogP contribution in [-0.4, -0.2) is 6.10 Å². The van der Waals surface area contributed by atoms with Gasteiger partial charge in [-0.3, -0.25) is 0 Å². The normalized spacial score (nSPS) is 20.5. The van der Waals surface area contributed by atoms with E-state index in [0.29, 0.717) is 0 Å². The van der Waals surface area contributed by atoms with Crippen LogP contribution in [-0.2, 0) is 0 Å². The summed E-state index contributed by atoms with van der Waals surface area (Å²) >= 11 is 0. The fourth-order valence-electron chi connectivity index (χ4n) is 3.91.